The minimum Gasteiger partial charge on any atom is -0.348 e. The molecule has 3 nitrogen and oxygen atoms in total. The topological polar surface area (TPSA) is 30.5 Å². The van der Waals surface area contributed by atoms with Crippen LogP contribution in [-0.2, 0) is 9.47 Å². The van der Waals surface area contributed by atoms with Crippen molar-refractivity contribution in [2.24, 2.45) is 0 Å². The molecule has 2 aliphatic heterocycles. The first-order valence-electron chi connectivity index (χ1n) is 5.65. The highest BCUT2D eigenvalue weighted by molar-refractivity contribution is 4.90. The van der Waals surface area contributed by atoms with Crippen molar-refractivity contribution in [3.8, 4) is 0 Å². The van der Waals surface area contributed by atoms with Gasteiger partial charge in [-0.25, -0.2) is 0 Å². The van der Waals surface area contributed by atoms with Crippen LogP contribution in [0.4, 0.5) is 0 Å². The summed E-state index contributed by atoms with van der Waals surface area (Å²) in [5.74, 6) is -0.312. The third kappa shape index (κ3) is 2.27. The third-order valence-electron chi connectivity index (χ3n) is 3.49. The smallest absolute Gasteiger partial charge is 0.165 e. The summed E-state index contributed by atoms with van der Waals surface area (Å²) in [6.45, 7) is 7.02. The molecule has 0 aromatic heterocycles. The van der Waals surface area contributed by atoms with Crippen LogP contribution in [0.5, 0.6) is 0 Å². The molecule has 82 valence electrons. The summed E-state index contributed by atoms with van der Waals surface area (Å²) in [6, 6.07) is 0. The van der Waals surface area contributed by atoms with Gasteiger partial charge in [0.1, 0.15) is 0 Å². The number of ether oxygens (including phenoxy) is 2. The van der Waals surface area contributed by atoms with Crippen LogP contribution in [-0.4, -0.2) is 31.1 Å². The monoisotopic (exact) mass is 199 g/mol. The lowest BCUT2D eigenvalue weighted by Crippen LogP contribution is -2.39. The van der Waals surface area contributed by atoms with Gasteiger partial charge in [-0.1, -0.05) is 0 Å². The third-order valence-corrected chi connectivity index (χ3v) is 3.49. The zero-order valence-corrected chi connectivity index (χ0v) is 9.27. The van der Waals surface area contributed by atoms with Gasteiger partial charge in [0.05, 0.1) is 13.2 Å². The van der Waals surface area contributed by atoms with Crippen LogP contribution in [0.3, 0.4) is 0 Å². The van der Waals surface area contributed by atoms with E-state index in [1.165, 1.54) is 12.8 Å². The molecule has 2 saturated heterocycles. The van der Waals surface area contributed by atoms with Crippen molar-refractivity contribution in [1.29, 1.82) is 0 Å². The van der Waals surface area contributed by atoms with E-state index < -0.39 is 0 Å². The molecule has 2 heterocycles. The summed E-state index contributed by atoms with van der Waals surface area (Å²) in [5, 5.41) is 3.56. The highest BCUT2D eigenvalue weighted by Gasteiger charge is 2.35. The van der Waals surface area contributed by atoms with Crippen LogP contribution < -0.4 is 5.32 Å². The molecule has 3 heteroatoms. The number of hydrogen-bond donors (Lipinski definition) is 1. The van der Waals surface area contributed by atoms with E-state index in [9.17, 15) is 0 Å². The van der Waals surface area contributed by atoms with Crippen LogP contribution >= 0.6 is 0 Å². The van der Waals surface area contributed by atoms with Gasteiger partial charge in [-0.05, 0) is 39.7 Å². The minimum absolute atomic E-state index is 0.312. The van der Waals surface area contributed by atoms with Gasteiger partial charge in [0, 0.05) is 12.0 Å². The first-order valence-corrected chi connectivity index (χ1v) is 5.65. The van der Waals surface area contributed by atoms with E-state index in [0.717, 1.165) is 32.6 Å². The summed E-state index contributed by atoms with van der Waals surface area (Å²) in [4.78, 5) is 0. The maximum absolute atomic E-state index is 5.60. The van der Waals surface area contributed by atoms with E-state index in [0.29, 0.717) is 5.54 Å². The summed E-state index contributed by atoms with van der Waals surface area (Å²) >= 11 is 0. The summed E-state index contributed by atoms with van der Waals surface area (Å²) in [5.41, 5.74) is 0.318. The maximum atomic E-state index is 5.60. The molecule has 0 bridgehead atoms. The quantitative estimate of drug-likeness (QED) is 0.750. The molecule has 1 N–H and O–H groups in total. The van der Waals surface area contributed by atoms with E-state index >= 15 is 0 Å². The van der Waals surface area contributed by atoms with Crippen molar-refractivity contribution in [3.05, 3.63) is 0 Å². The first-order chi connectivity index (χ1) is 6.62. The molecule has 1 unspecified atom stereocenters. The number of hydrogen-bond acceptors (Lipinski definition) is 3. The molecule has 2 fully saturated rings. The Morgan fingerprint density at radius 2 is 1.86 bits per heavy atom. The molecule has 0 aromatic carbocycles. The zero-order valence-electron chi connectivity index (χ0n) is 9.27. The molecule has 1 atom stereocenters. The second-order valence-electron chi connectivity index (χ2n) is 4.92. The lowest BCUT2D eigenvalue weighted by molar-refractivity contribution is -0.149. The second kappa shape index (κ2) is 3.80. The van der Waals surface area contributed by atoms with Gasteiger partial charge in [0.15, 0.2) is 5.79 Å². The Balaban J connectivity index is 1.80. The molecular formula is C11H21NO2. The fourth-order valence-electron chi connectivity index (χ4n) is 2.37. The molecule has 0 aromatic rings. The van der Waals surface area contributed by atoms with Crippen LogP contribution in [0, 0.1) is 0 Å². The Labute approximate surface area is 86.2 Å². The number of rotatable bonds is 3. The molecule has 2 rings (SSSR count). The largest absolute Gasteiger partial charge is 0.348 e. The van der Waals surface area contributed by atoms with Gasteiger partial charge in [0.2, 0.25) is 0 Å². The van der Waals surface area contributed by atoms with Gasteiger partial charge in [-0.3, -0.25) is 0 Å². The molecule has 14 heavy (non-hydrogen) atoms. The lowest BCUT2D eigenvalue weighted by atomic mass is 9.92. The number of nitrogens with one attached hydrogen (secondary N) is 1. The van der Waals surface area contributed by atoms with E-state index in [1.54, 1.807) is 0 Å². The van der Waals surface area contributed by atoms with Gasteiger partial charge in [-0.15, -0.1) is 0 Å². The fourth-order valence-corrected chi connectivity index (χ4v) is 2.37. The van der Waals surface area contributed by atoms with Crippen molar-refractivity contribution in [3.63, 3.8) is 0 Å². The Hall–Kier alpha value is -0.120. The minimum atomic E-state index is -0.312. The molecule has 0 amide bonds. The van der Waals surface area contributed by atoms with Gasteiger partial charge in [0.25, 0.3) is 0 Å². The Kier molecular flexibility index (Phi) is 2.82. The first kappa shape index (κ1) is 10.4. The highest BCUT2D eigenvalue weighted by Crippen LogP contribution is 2.31. The van der Waals surface area contributed by atoms with E-state index in [1.807, 2.05) is 0 Å². The Morgan fingerprint density at radius 3 is 2.43 bits per heavy atom. The standard InChI is InChI=1S/C11H21NO2/c1-10(4-3-7-12-10)5-6-11(2)13-8-9-14-11/h12H,3-9H2,1-2H3. The molecule has 0 aliphatic carbocycles. The maximum Gasteiger partial charge on any atom is 0.165 e. The van der Waals surface area contributed by atoms with Crippen molar-refractivity contribution in [2.75, 3.05) is 19.8 Å². The predicted molar refractivity (Wildman–Crippen MR) is 55.2 cm³/mol. The Bertz CT molecular complexity index is 171. The normalized spacial score (nSPS) is 36.4. The zero-order chi connectivity index (χ0) is 10.1. The fraction of sp³-hybridized carbons (Fsp3) is 1.00. The van der Waals surface area contributed by atoms with Crippen LogP contribution in [0.15, 0.2) is 0 Å². The molecular weight excluding hydrogens is 178 g/mol. The summed E-state index contributed by atoms with van der Waals surface area (Å²) in [7, 11) is 0. The van der Waals surface area contributed by atoms with Gasteiger partial charge in [-0.2, -0.15) is 0 Å². The van der Waals surface area contributed by atoms with E-state index in [-0.39, 0.29) is 5.79 Å². The summed E-state index contributed by atoms with van der Waals surface area (Å²) in [6.07, 6.45) is 4.72. The van der Waals surface area contributed by atoms with Gasteiger partial charge < -0.3 is 14.8 Å². The van der Waals surface area contributed by atoms with Crippen molar-refractivity contribution < 1.29 is 9.47 Å². The Morgan fingerprint density at radius 1 is 1.14 bits per heavy atom. The SMILES string of the molecule is CC1(CCC2(C)OCCO2)CCCN1. The van der Waals surface area contributed by atoms with Gasteiger partial charge >= 0.3 is 0 Å². The highest BCUT2D eigenvalue weighted by atomic mass is 16.7. The van der Waals surface area contributed by atoms with Crippen LogP contribution in [0.25, 0.3) is 0 Å². The van der Waals surface area contributed by atoms with Crippen LogP contribution in [0.1, 0.15) is 39.5 Å². The molecule has 0 saturated carbocycles. The van der Waals surface area contributed by atoms with Crippen molar-refractivity contribution >= 4 is 0 Å². The van der Waals surface area contributed by atoms with Crippen molar-refractivity contribution in [2.45, 2.75) is 50.9 Å². The predicted octanol–water partition coefficient (Wildman–Crippen LogP) is 1.67. The average Bonchev–Trinajstić information content (AvgIpc) is 2.74. The second-order valence-corrected chi connectivity index (χ2v) is 4.92. The van der Waals surface area contributed by atoms with E-state index in [4.69, 9.17) is 9.47 Å². The average molecular weight is 199 g/mol. The van der Waals surface area contributed by atoms with Crippen LogP contribution in [0.2, 0.25) is 0 Å². The van der Waals surface area contributed by atoms with E-state index in [2.05, 4.69) is 19.2 Å². The molecule has 0 radical (unpaired) electrons. The molecule has 0 spiro atoms. The summed E-state index contributed by atoms with van der Waals surface area (Å²) < 4.78 is 11.2. The lowest BCUT2D eigenvalue weighted by Gasteiger charge is -2.29. The molecule has 2 aliphatic rings. The van der Waals surface area contributed by atoms with Crippen molar-refractivity contribution in [1.82, 2.24) is 5.32 Å².